The topological polar surface area (TPSA) is 86.7 Å². The highest BCUT2D eigenvalue weighted by atomic mass is 32.1. The molecule has 0 saturated carbocycles. The fourth-order valence-corrected chi connectivity index (χ4v) is 2.45. The first-order chi connectivity index (χ1) is 10.0. The molecule has 1 aliphatic rings. The molecular weight excluding hydrogens is 292 g/mol. The first kappa shape index (κ1) is 15.5. The number of hydrogen-bond acceptors (Lipinski definition) is 5. The van der Waals surface area contributed by atoms with Crippen LogP contribution in [0.5, 0.6) is 0 Å². The number of carbonyl (C=O) groups is 3. The molecule has 2 atom stereocenters. The van der Waals surface area contributed by atoms with E-state index in [0.717, 1.165) is 10.5 Å². The van der Waals surface area contributed by atoms with E-state index in [1.54, 1.807) is 0 Å². The number of imide groups is 1. The summed E-state index contributed by atoms with van der Waals surface area (Å²) in [5.41, 5.74) is 0.851. The number of carbonyl (C=O) groups excluding carboxylic acids is 2. The van der Waals surface area contributed by atoms with Crippen LogP contribution in [0.25, 0.3) is 0 Å². The molecule has 21 heavy (non-hydrogen) atoms. The van der Waals surface area contributed by atoms with Crippen LogP contribution in [0.2, 0.25) is 0 Å². The van der Waals surface area contributed by atoms with E-state index < -0.39 is 24.0 Å². The second-order valence-electron chi connectivity index (χ2n) is 4.80. The lowest BCUT2D eigenvalue weighted by atomic mass is 10.2. The maximum Gasteiger partial charge on any atom is 0.321 e. The number of carboxylic acids is 1. The number of nitrogens with zero attached hydrogens (tertiary/aromatic N) is 1. The quantitative estimate of drug-likeness (QED) is 0.519. The Kier molecular flexibility index (Phi) is 4.98. The molecule has 1 fully saturated rings. The van der Waals surface area contributed by atoms with Crippen LogP contribution in [-0.4, -0.2) is 45.6 Å². The van der Waals surface area contributed by atoms with Gasteiger partial charge in [-0.25, -0.2) is 0 Å². The van der Waals surface area contributed by atoms with E-state index in [1.165, 1.54) is 0 Å². The van der Waals surface area contributed by atoms with Crippen molar-refractivity contribution in [1.29, 1.82) is 0 Å². The summed E-state index contributed by atoms with van der Waals surface area (Å²) < 4.78 is 0. The van der Waals surface area contributed by atoms with Crippen molar-refractivity contribution in [3.8, 4) is 0 Å². The van der Waals surface area contributed by atoms with E-state index in [2.05, 4.69) is 17.9 Å². The molecule has 0 aromatic heterocycles. The van der Waals surface area contributed by atoms with Crippen molar-refractivity contribution in [2.45, 2.75) is 25.0 Å². The van der Waals surface area contributed by atoms with Crippen molar-refractivity contribution in [2.75, 3.05) is 5.75 Å². The second kappa shape index (κ2) is 6.73. The first-order valence-corrected chi connectivity index (χ1v) is 7.14. The highest BCUT2D eigenvalue weighted by molar-refractivity contribution is 7.80. The summed E-state index contributed by atoms with van der Waals surface area (Å²) in [6.07, 6.45) is -0.0246. The van der Waals surface area contributed by atoms with Gasteiger partial charge in [-0.15, -0.1) is 0 Å². The molecule has 6 nitrogen and oxygen atoms in total. The van der Waals surface area contributed by atoms with Crippen molar-refractivity contribution in [3.05, 3.63) is 35.9 Å². The Balaban J connectivity index is 2.04. The van der Waals surface area contributed by atoms with Gasteiger partial charge in [0.05, 0.1) is 19.0 Å². The number of benzene rings is 1. The van der Waals surface area contributed by atoms with Crippen molar-refractivity contribution in [2.24, 2.45) is 0 Å². The fraction of sp³-hybridized carbons (Fsp3) is 0.357. The number of rotatable bonds is 6. The van der Waals surface area contributed by atoms with Crippen molar-refractivity contribution < 1.29 is 19.5 Å². The Morgan fingerprint density at radius 1 is 1.38 bits per heavy atom. The summed E-state index contributed by atoms with van der Waals surface area (Å²) in [5.74, 6) is -1.74. The van der Waals surface area contributed by atoms with E-state index in [9.17, 15) is 14.4 Å². The molecule has 1 heterocycles. The lowest BCUT2D eigenvalue weighted by Gasteiger charge is -2.18. The number of thiol groups is 1. The number of aliphatic carboxylic acids is 1. The molecule has 1 aromatic carbocycles. The van der Waals surface area contributed by atoms with Gasteiger partial charge in [0.1, 0.15) is 6.04 Å². The molecule has 2 amide bonds. The molecule has 1 aliphatic heterocycles. The molecule has 0 spiro atoms. The first-order valence-electron chi connectivity index (χ1n) is 6.50. The predicted molar refractivity (Wildman–Crippen MR) is 78.8 cm³/mol. The summed E-state index contributed by atoms with van der Waals surface area (Å²) in [5, 5.41) is 11.6. The molecular formula is C14H16N2O4S. The van der Waals surface area contributed by atoms with Crippen LogP contribution in [0.15, 0.2) is 30.3 Å². The standard InChI is InChI=1S/C14H16N2O4S/c17-12-6-10(15-11(8-21)14(19)20)13(18)16(12)7-9-4-2-1-3-5-9/h1-5,10-11,15,21H,6-8H2,(H,19,20)/t10?,11-/m0/s1. The van der Waals surface area contributed by atoms with Crippen LogP contribution < -0.4 is 5.32 Å². The summed E-state index contributed by atoms with van der Waals surface area (Å²) in [7, 11) is 0. The Hall–Kier alpha value is -1.86. The molecule has 0 aliphatic carbocycles. The lowest BCUT2D eigenvalue weighted by Crippen LogP contribution is -2.48. The van der Waals surface area contributed by atoms with E-state index in [0.29, 0.717) is 0 Å². The zero-order chi connectivity index (χ0) is 15.4. The van der Waals surface area contributed by atoms with Gasteiger partial charge in [0, 0.05) is 5.75 Å². The smallest absolute Gasteiger partial charge is 0.321 e. The Morgan fingerprint density at radius 2 is 2.05 bits per heavy atom. The third kappa shape index (κ3) is 3.62. The van der Waals surface area contributed by atoms with E-state index in [1.807, 2.05) is 30.3 Å². The molecule has 2 N–H and O–H groups in total. The Bertz CT molecular complexity index is 549. The van der Waals surface area contributed by atoms with Crippen LogP contribution in [0.4, 0.5) is 0 Å². The molecule has 1 saturated heterocycles. The average molecular weight is 308 g/mol. The highest BCUT2D eigenvalue weighted by Gasteiger charge is 2.40. The molecule has 2 rings (SSSR count). The third-order valence-corrected chi connectivity index (χ3v) is 3.68. The number of likely N-dealkylation sites (tertiary alicyclic amines) is 1. The van der Waals surface area contributed by atoms with Crippen LogP contribution in [0.3, 0.4) is 0 Å². The molecule has 112 valence electrons. The van der Waals surface area contributed by atoms with Crippen LogP contribution in [0, 0.1) is 0 Å². The number of amides is 2. The van der Waals surface area contributed by atoms with Gasteiger partial charge in [0.2, 0.25) is 11.8 Å². The van der Waals surface area contributed by atoms with E-state index in [-0.39, 0.29) is 24.6 Å². The lowest BCUT2D eigenvalue weighted by molar-refractivity contribution is -0.139. The second-order valence-corrected chi connectivity index (χ2v) is 5.17. The van der Waals surface area contributed by atoms with Crippen molar-refractivity contribution >= 4 is 30.4 Å². The molecule has 0 radical (unpaired) electrons. The van der Waals surface area contributed by atoms with Crippen LogP contribution >= 0.6 is 12.6 Å². The maximum atomic E-state index is 12.2. The number of hydrogen-bond donors (Lipinski definition) is 3. The van der Waals surface area contributed by atoms with Crippen molar-refractivity contribution in [1.82, 2.24) is 10.2 Å². The minimum Gasteiger partial charge on any atom is -0.480 e. The van der Waals surface area contributed by atoms with Gasteiger partial charge in [-0.3, -0.25) is 24.6 Å². The number of nitrogens with one attached hydrogen (secondary N) is 1. The summed E-state index contributed by atoms with van der Waals surface area (Å²) in [6.45, 7) is 0.204. The molecule has 7 heteroatoms. The third-order valence-electron chi connectivity index (χ3n) is 3.31. The summed E-state index contributed by atoms with van der Waals surface area (Å²) in [4.78, 5) is 36.3. The zero-order valence-corrected chi connectivity index (χ0v) is 12.1. The SMILES string of the molecule is O=C(O)[C@H](CS)NC1CC(=O)N(Cc2ccccc2)C1=O. The predicted octanol–water partition coefficient (Wildman–Crippen LogP) is 0.287. The van der Waals surface area contributed by atoms with Gasteiger partial charge < -0.3 is 5.11 Å². The Morgan fingerprint density at radius 3 is 2.62 bits per heavy atom. The minimum absolute atomic E-state index is 0.0246. The molecule has 1 unspecified atom stereocenters. The van der Waals surface area contributed by atoms with E-state index >= 15 is 0 Å². The minimum atomic E-state index is -1.09. The highest BCUT2D eigenvalue weighted by Crippen LogP contribution is 2.17. The fourth-order valence-electron chi connectivity index (χ4n) is 2.19. The van der Waals surface area contributed by atoms with Gasteiger partial charge in [0.15, 0.2) is 0 Å². The monoisotopic (exact) mass is 308 g/mol. The molecule has 0 bridgehead atoms. The normalized spacial score (nSPS) is 19.9. The van der Waals surface area contributed by atoms with E-state index in [4.69, 9.17) is 5.11 Å². The zero-order valence-electron chi connectivity index (χ0n) is 11.2. The van der Waals surface area contributed by atoms with Gasteiger partial charge in [-0.2, -0.15) is 12.6 Å². The van der Waals surface area contributed by atoms with Gasteiger partial charge in [0.25, 0.3) is 0 Å². The maximum absolute atomic E-state index is 12.2. The van der Waals surface area contributed by atoms with Crippen LogP contribution in [-0.2, 0) is 20.9 Å². The summed E-state index contributed by atoms with van der Waals surface area (Å²) in [6, 6.07) is 7.42. The molecule has 1 aromatic rings. The average Bonchev–Trinajstić information content (AvgIpc) is 2.73. The van der Waals surface area contributed by atoms with Gasteiger partial charge in [-0.05, 0) is 5.56 Å². The van der Waals surface area contributed by atoms with Crippen molar-refractivity contribution in [3.63, 3.8) is 0 Å². The van der Waals surface area contributed by atoms with Crippen LogP contribution in [0.1, 0.15) is 12.0 Å². The van der Waals surface area contributed by atoms with Gasteiger partial charge in [-0.1, -0.05) is 30.3 Å². The summed E-state index contributed by atoms with van der Waals surface area (Å²) >= 11 is 3.93. The number of carboxylic acid groups (broad SMARTS) is 1. The largest absolute Gasteiger partial charge is 0.480 e. The van der Waals surface area contributed by atoms with Gasteiger partial charge >= 0.3 is 5.97 Å². The Labute approximate surface area is 127 Å².